The van der Waals surface area contributed by atoms with Crippen molar-refractivity contribution < 1.29 is 14.3 Å². The number of ether oxygens (including phenoxy) is 2. The first kappa shape index (κ1) is 11.8. The molecule has 0 spiro atoms. The average Bonchev–Trinajstić information content (AvgIpc) is 2.68. The summed E-state index contributed by atoms with van der Waals surface area (Å²) in [4.78, 5) is 11.8. The Morgan fingerprint density at radius 3 is 3.00 bits per heavy atom. The topological polar surface area (TPSA) is 47.6 Å². The van der Waals surface area contributed by atoms with Crippen molar-refractivity contribution in [2.75, 3.05) is 13.7 Å². The predicted octanol–water partition coefficient (Wildman–Crippen LogP) is 1.77. The van der Waals surface area contributed by atoms with E-state index in [1.54, 1.807) is 13.2 Å². The van der Waals surface area contributed by atoms with E-state index in [1.165, 1.54) is 0 Å². The van der Waals surface area contributed by atoms with E-state index in [0.29, 0.717) is 17.9 Å². The fraction of sp³-hybridized carbons (Fsp3) is 0.462. The highest BCUT2D eigenvalue weighted by Crippen LogP contribution is 2.38. The number of methoxy groups -OCH3 is 1. The van der Waals surface area contributed by atoms with Crippen LogP contribution in [0.1, 0.15) is 29.8 Å². The standard InChI is InChI=1S/C13H17NO3/c1-4-14-13(15)10-6-9-5-8(2)17-12(9)11(7-10)16-3/h6-8H,4-5H2,1-3H3,(H,14,15). The molecule has 2 rings (SSSR count). The molecule has 0 aliphatic carbocycles. The number of amides is 1. The summed E-state index contributed by atoms with van der Waals surface area (Å²) in [6, 6.07) is 3.61. The number of fused-ring (bicyclic) bond motifs is 1. The summed E-state index contributed by atoms with van der Waals surface area (Å²) in [6.45, 7) is 4.52. The van der Waals surface area contributed by atoms with Crippen LogP contribution in [0.2, 0.25) is 0 Å². The number of carbonyl (C=O) groups excluding carboxylic acids is 1. The Hall–Kier alpha value is -1.71. The summed E-state index contributed by atoms with van der Waals surface area (Å²) in [6.07, 6.45) is 0.960. The van der Waals surface area contributed by atoms with Gasteiger partial charge in [0.25, 0.3) is 5.91 Å². The van der Waals surface area contributed by atoms with Crippen LogP contribution < -0.4 is 14.8 Å². The van der Waals surface area contributed by atoms with Crippen molar-refractivity contribution in [1.82, 2.24) is 5.32 Å². The van der Waals surface area contributed by atoms with Crippen LogP contribution in [0.3, 0.4) is 0 Å². The van der Waals surface area contributed by atoms with Crippen LogP contribution in [0.4, 0.5) is 0 Å². The second-order valence-electron chi connectivity index (χ2n) is 4.16. The van der Waals surface area contributed by atoms with E-state index in [1.807, 2.05) is 19.9 Å². The molecule has 1 aliphatic rings. The number of rotatable bonds is 3. The van der Waals surface area contributed by atoms with Crippen LogP contribution in [0.5, 0.6) is 11.5 Å². The minimum absolute atomic E-state index is 0.0758. The zero-order valence-electron chi connectivity index (χ0n) is 10.4. The number of benzene rings is 1. The number of hydrogen-bond donors (Lipinski definition) is 1. The highest BCUT2D eigenvalue weighted by molar-refractivity contribution is 5.95. The Morgan fingerprint density at radius 2 is 2.35 bits per heavy atom. The largest absolute Gasteiger partial charge is 0.493 e. The predicted molar refractivity (Wildman–Crippen MR) is 64.8 cm³/mol. The van der Waals surface area contributed by atoms with Gasteiger partial charge in [0, 0.05) is 24.1 Å². The van der Waals surface area contributed by atoms with E-state index in [4.69, 9.17) is 9.47 Å². The van der Waals surface area contributed by atoms with Crippen molar-refractivity contribution in [2.45, 2.75) is 26.4 Å². The Labute approximate surface area is 101 Å². The van der Waals surface area contributed by atoms with E-state index >= 15 is 0 Å². The molecule has 0 fully saturated rings. The zero-order valence-corrected chi connectivity index (χ0v) is 10.4. The average molecular weight is 235 g/mol. The van der Waals surface area contributed by atoms with E-state index in [-0.39, 0.29) is 12.0 Å². The SMILES string of the molecule is CCNC(=O)c1cc2c(c(OC)c1)OC(C)C2. The Kier molecular flexibility index (Phi) is 3.22. The molecule has 1 aliphatic heterocycles. The van der Waals surface area contributed by atoms with Crippen molar-refractivity contribution in [3.05, 3.63) is 23.3 Å². The third kappa shape index (κ3) is 2.20. The quantitative estimate of drug-likeness (QED) is 0.868. The van der Waals surface area contributed by atoms with Gasteiger partial charge in [0.1, 0.15) is 6.10 Å². The molecule has 1 aromatic rings. The maximum Gasteiger partial charge on any atom is 0.251 e. The van der Waals surface area contributed by atoms with Crippen LogP contribution >= 0.6 is 0 Å². The van der Waals surface area contributed by atoms with Gasteiger partial charge in [-0.3, -0.25) is 4.79 Å². The molecular formula is C13H17NO3. The van der Waals surface area contributed by atoms with Crippen LogP contribution in [0.15, 0.2) is 12.1 Å². The second kappa shape index (κ2) is 4.65. The second-order valence-corrected chi connectivity index (χ2v) is 4.16. The summed E-state index contributed by atoms with van der Waals surface area (Å²) >= 11 is 0. The smallest absolute Gasteiger partial charge is 0.251 e. The molecule has 0 radical (unpaired) electrons. The number of nitrogens with one attached hydrogen (secondary N) is 1. The molecule has 17 heavy (non-hydrogen) atoms. The van der Waals surface area contributed by atoms with Gasteiger partial charge >= 0.3 is 0 Å². The summed E-state index contributed by atoms with van der Waals surface area (Å²) in [5.41, 5.74) is 1.67. The molecule has 1 amide bonds. The molecule has 1 unspecified atom stereocenters. The van der Waals surface area contributed by atoms with Crippen LogP contribution in [-0.4, -0.2) is 25.7 Å². The summed E-state index contributed by atoms with van der Waals surface area (Å²) in [5.74, 6) is 1.33. The summed E-state index contributed by atoms with van der Waals surface area (Å²) < 4.78 is 10.9. The first-order valence-electron chi connectivity index (χ1n) is 5.81. The monoisotopic (exact) mass is 235 g/mol. The lowest BCUT2D eigenvalue weighted by Gasteiger charge is -2.10. The summed E-state index contributed by atoms with van der Waals surface area (Å²) in [7, 11) is 1.59. The van der Waals surface area contributed by atoms with Gasteiger partial charge in [0.05, 0.1) is 7.11 Å². The van der Waals surface area contributed by atoms with Gasteiger partial charge in [-0.2, -0.15) is 0 Å². The van der Waals surface area contributed by atoms with Crippen molar-refractivity contribution in [3.8, 4) is 11.5 Å². The number of hydrogen-bond acceptors (Lipinski definition) is 3. The molecule has 0 aromatic heterocycles. The zero-order chi connectivity index (χ0) is 12.4. The van der Waals surface area contributed by atoms with E-state index < -0.39 is 0 Å². The normalized spacial score (nSPS) is 17.2. The molecule has 4 nitrogen and oxygen atoms in total. The van der Waals surface area contributed by atoms with Gasteiger partial charge in [-0.1, -0.05) is 0 Å². The highest BCUT2D eigenvalue weighted by atomic mass is 16.5. The lowest BCUT2D eigenvalue weighted by Crippen LogP contribution is -2.22. The van der Waals surface area contributed by atoms with Gasteiger partial charge in [-0.25, -0.2) is 0 Å². The minimum atomic E-state index is -0.0758. The third-order valence-corrected chi connectivity index (χ3v) is 2.78. The van der Waals surface area contributed by atoms with Crippen molar-refractivity contribution in [1.29, 1.82) is 0 Å². The molecular weight excluding hydrogens is 218 g/mol. The van der Waals surface area contributed by atoms with Crippen molar-refractivity contribution in [2.24, 2.45) is 0 Å². The van der Waals surface area contributed by atoms with Crippen LogP contribution in [0.25, 0.3) is 0 Å². The van der Waals surface area contributed by atoms with Gasteiger partial charge in [0.2, 0.25) is 0 Å². The first-order valence-corrected chi connectivity index (χ1v) is 5.81. The molecule has 0 bridgehead atoms. The Balaban J connectivity index is 2.38. The molecule has 0 saturated heterocycles. The lowest BCUT2D eigenvalue weighted by atomic mass is 10.1. The summed E-state index contributed by atoms with van der Waals surface area (Å²) in [5, 5.41) is 2.78. The highest BCUT2D eigenvalue weighted by Gasteiger charge is 2.25. The van der Waals surface area contributed by atoms with Gasteiger partial charge in [-0.05, 0) is 26.0 Å². The van der Waals surface area contributed by atoms with Crippen molar-refractivity contribution in [3.63, 3.8) is 0 Å². The minimum Gasteiger partial charge on any atom is -0.493 e. The first-order chi connectivity index (χ1) is 8.15. The fourth-order valence-corrected chi connectivity index (χ4v) is 2.04. The fourth-order valence-electron chi connectivity index (χ4n) is 2.04. The van der Waals surface area contributed by atoms with E-state index in [0.717, 1.165) is 17.7 Å². The van der Waals surface area contributed by atoms with Crippen molar-refractivity contribution >= 4 is 5.91 Å². The van der Waals surface area contributed by atoms with Crippen LogP contribution in [0, 0.1) is 0 Å². The lowest BCUT2D eigenvalue weighted by molar-refractivity contribution is 0.0955. The van der Waals surface area contributed by atoms with E-state index in [9.17, 15) is 4.79 Å². The molecule has 0 saturated carbocycles. The third-order valence-electron chi connectivity index (χ3n) is 2.78. The molecule has 1 aromatic carbocycles. The van der Waals surface area contributed by atoms with Gasteiger partial charge in [-0.15, -0.1) is 0 Å². The Morgan fingerprint density at radius 1 is 1.59 bits per heavy atom. The van der Waals surface area contributed by atoms with Gasteiger partial charge in [0.15, 0.2) is 11.5 Å². The molecule has 1 heterocycles. The molecule has 92 valence electrons. The molecule has 1 atom stereocenters. The molecule has 1 N–H and O–H groups in total. The maximum absolute atomic E-state index is 11.8. The van der Waals surface area contributed by atoms with Crippen LogP contribution in [-0.2, 0) is 6.42 Å². The van der Waals surface area contributed by atoms with Gasteiger partial charge < -0.3 is 14.8 Å². The molecule has 4 heteroatoms. The Bertz CT molecular complexity index is 443. The maximum atomic E-state index is 11.8. The number of carbonyl (C=O) groups is 1. The van der Waals surface area contributed by atoms with E-state index in [2.05, 4.69) is 5.32 Å².